The van der Waals surface area contributed by atoms with Crippen LogP contribution in [0.1, 0.15) is 41.8 Å². The number of nitrogens with zero attached hydrogens (tertiary/aromatic N) is 1. The van der Waals surface area contributed by atoms with E-state index in [1.165, 1.54) is 17.5 Å². The van der Waals surface area contributed by atoms with Gasteiger partial charge in [-0.3, -0.25) is 9.69 Å². The van der Waals surface area contributed by atoms with E-state index >= 15 is 0 Å². The van der Waals surface area contributed by atoms with Crippen molar-refractivity contribution in [2.45, 2.75) is 40.2 Å². The van der Waals surface area contributed by atoms with Crippen molar-refractivity contribution in [3.63, 3.8) is 0 Å². The average molecular weight is 245 g/mol. The Labute approximate surface area is 110 Å². The Morgan fingerprint density at radius 1 is 1.33 bits per heavy atom. The van der Waals surface area contributed by atoms with Crippen molar-refractivity contribution in [2.24, 2.45) is 5.92 Å². The number of ketones is 1. The lowest BCUT2D eigenvalue weighted by molar-refractivity contribution is 0.0863. The Kier molecular flexibility index (Phi) is 3.86. The average Bonchev–Trinajstić information content (AvgIpc) is 2.77. The Balaban J connectivity index is 2.12. The molecule has 0 bridgehead atoms. The number of carbonyl (C=O) groups is 1. The molecule has 1 aliphatic rings. The number of benzene rings is 1. The number of carbonyl (C=O) groups excluding carboxylic acids is 1. The molecule has 0 radical (unpaired) electrons. The van der Waals surface area contributed by atoms with Gasteiger partial charge in [0, 0.05) is 12.1 Å². The molecule has 1 heterocycles. The normalized spacial score (nSPS) is 22.1. The highest BCUT2D eigenvalue weighted by Crippen LogP contribution is 2.20. The number of rotatable bonds is 3. The van der Waals surface area contributed by atoms with Gasteiger partial charge in [0.15, 0.2) is 5.78 Å². The fourth-order valence-corrected chi connectivity index (χ4v) is 2.62. The molecule has 1 aliphatic heterocycles. The van der Waals surface area contributed by atoms with E-state index in [0.29, 0.717) is 0 Å². The van der Waals surface area contributed by atoms with E-state index in [1.807, 2.05) is 25.1 Å². The molecular weight excluding hydrogens is 222 g/mol. The van der Waals surface area contributed by atoms with E-state index in [2.05, 4.69) is 25.7 Å². The van der Waals surface area contributed by atoms with Crippen molar-refractivity contribution in [1.82, 2.24) is 4.90 Å². The van der Waals surface area contributed by atoms with Crippen LogP contribution >= 0.6 is 0 Å². The van der Waals surface area contributed by atoms with Gasteiger partial charge in [-0.25, -0.2) is 0 Å². The summed E-state index contributed by atoms with van der Waals surface area (Å²) in [5.41, 5.74) is 3.29. The molecule has 1 aromatic rings. The molecule has 18 heavy (non-hydrogen) atoms. The third-order valence-corrected chi connectivity index (χ3v) is 4.17. The van der Waals surface area contributed by atoms with E-state index in [0.717, 1.165) is 24.6 Å². The first-order valence-electron chi connectivity index (χ1n) is 6.84. The lowest BCUT2D eigenvalue weighted by Gasteiger charge is -2.23. The van der Waals surface area contributed by atoms with E-state index in [-0.39, 0.29) is 11.8 Å². The zero-order valence-corrected chi connectivity index (χ0v) is 11.9. The first-order valence-corrected chi connectivity index (χ1v) is 6.84. The summed E-state index contributed by atoms with van der Waals surface area (Å²) in [4.78, 5) is 14.8. The number of Topliss-reactive ketones (excluding diaryl/α,β-unsaturated/α-hetero) is 1. The predicted octanol–water partition coefficient (Wildman–Crippen LogP) is 3.22. The van der Waals surface area contributed by atoms with Gasteiger partial charge in [-0.2, -0.15) is 0 Å². The summed E-state index contributed by atoms with van der Waals surface area (Å²) in [6.07, 6.45) is 1.21. The Morgan fingerprint density at radius 3 is 2.61 bits per heavy atom. The van der Waals surface area contributed by atoms with Crippen molar-refractivity contribution >= 4 is 5.78 Å². The van der Waals surface area contributed by atoms with Crippen LogP contribution in [-0.2, 0) is 0 Å². The van der Waals surface area contributed by atoms with Crippen LogP contribution in [0, 0.1) is 19.8 Å². The molecular formula is C16H23NO. The van der Waals surface area contributed by atoms with Crippen molar-refractivity contribution in [3.8, 4) is 0 Å². The molecule has 98 valence electrons. The van der Waals surface area contributed by atoms with Crippen molar-refractivity contribution in [2.75, 3.05) is 13.1 Å². The van der Waals surface area contributed by atoms with Gasteiger partial charge in [0.1, 0.15) is 0 Å². The number of hydrogen-bond donors (Lipinski definition) is 0. The van der Waals surface area contributed by atoms with Crippen LogP contribution < -0.4 is 0 Å². The van der Waals surface area contributed by atoms with E-state index < -0.39 is 0 Å². The van der Waals surface area contributed by atoms with Gasteiger partial charge in [0.25, 0.3) is 0 Å². The minimum Gasteiger partial charge on any atom is -0.293 e. The summed E-state index contributed by atoms with van der Waals surface area (Å²) in [7, 11) is 0. The molecule has 0 aliphatic carbocycles. The zero-order chi connectivity index (χ0) is 13.3. The van der Waals surface area contributed by atoms with Gasteiger partial charge in [-0.1, -0.05) is 19.1 Å². The van der Waals surface area contributed by atoms with Gasteiger partial charge in [-0.15, -0.1) is 0 Å². The van der Waals surface area contributed by atoms with Crippen molar-refractivity contribution < 1.29 is 4.79 Å². The molecule has 1 fully saturated rings. The van der Waals surface area contributed by atoms with Crippen LogP contribution in [0.25, 0.3) is 0 Å². The minimum atomic E-state index is 0.0112. The predicted molar refractivity (Wildman–Crippen MR) is 75.1 cm³/mol. The summed E-state index contributed by atoms with van der Waals surface area (Å²) in [6, 6.07) is 6.04. The molecule has 2 unspecified atom stereocenters. The SMILES string of the molecule is Cc1ccc(C(=O)C(C)N2CCC(C)C2)cc1C. The van der Waals surface area contributed by atoms with Crippen LogP contribution in [0.4, 0.5) is 0 Å². The smallest absolute Gasteiger partial charge is 0.179 e. The largest absolute Gasteiger partial charge is 0.293 e. The monoisotopic (exact) mass is 245 g/mol. The molecule has 0 N–H and O–H groups in total. The highest BCUT2D eigenvalue weighted by Gasteiger charge is 2.27. The molecule has 1 aromatic carbocycles. The van der Waals surface area contributed by atoms with Crippen LogP contribution in [0.15, 0.2) is 18.2 Å². The summed E-state index contributed by atoms with van der Waals surface area (Å²) < 4.78 is 0. The second kappa shape index (κ2) is 5.23. The minimum absolute atomic E-state index is 0.0112. The summed E-state index contributed by atoms with van der Waals surface area (Å²) >= 11 is 0. The van der Waals surface area contributed by atoms with Crippen LogP contribution in [-0.4, -0.2) is 29.8 Å². The maximum Gasteiger partial charge on any atom is 0.179 e. The van der Waals surface area contributed by atoms with E-state index in [1.54, 1.807) is 0 Å². The number of likely N-dealkylation sites (tertiary alicyclic amines) is 1. The second-order valence-electron chi connectivity index (χ2n) is 5.73. The third kappa shape index (κ3) is 2.64. The highest BCUT2D eigenvalue weighted by molar-refractivity contribution is 6.00. The number of hydrogen-bond acceptors (Lipinski definition) is 2. The fourth-order valence-electron chi connectivity index (χ4n) is 2.62. The van der Waals surface area contributed by atoms with Gasteiger partial charge < -0.3 is 0 Å². The maximum atomic E-state index is 12.5. The molecule has 0 spiro atoms. The van der Waals surface area contributed by atoms with E-state index in [4.69, 9.17) is 0 Å². The summed E-state index contributed by atoms with van der Waals surface area (Å²) in [6.45, 7) is 10.5. The topological polar surface area (TPSA) is 20.3 Å². The Bertz CT molecular complexity index is 452. The quantitative estimate of drug-likeness (QED) is 0.762. The first-order chi connectivity index (χ1) is 8.49. The molecule has 2 nitrogen and oxygen atoms in total. The lowest BCUT2D eigenvalue weighted by Crippen LogP contribution is -2.37. The zero-order valence-electron chi connectivity index (χ0n) is 11.9. The molecule has 0 saturated carbocycles. The van der Waals surface area contributed by atoms with Crippen LogP contribution in [0.5, 0.6) is 0 Å². The van der Waals surface area contributed by atoms with Crippen LogP contribution in [0.3, 0.4) is 0 Å². The Hall–Kier alpha value is -1.15. The Morgan fingerprint density at radius 2 is 2.06 bits per heavy atom. The van der Waals surface area contributed by atoms with Gasteiger partial charge in [0.2, 0.25) is 0 Å². The highest BCUT2D eigenvalue weighted by atomic mass is 16.1. The lowest BCUT2D eigenvalue weighted by atomic mass is 10.00. The van der Waals surface area contributed by atoms with E-state index in [9.17, 15) is 4.79 Å². The molecule has 0 amide bonds. The molecule has 2 heteroatoms. The summed E-state index contributed by atoms with van der Waals surface area (Å²) in [5.74, 6) is 0.979. The number of aryl methyl sites for hydroxylation is 2. The van der Waals surface area contributed by atoms with Crippen LogP contribution in [0.2, 0.25) is 0 Å². The van der Waals surface area contributed by atoms with Gasteiger partial charge in [0.05, 0.1) is 6.04 Å². The molecule has 2 atom stereocenters. The standard InChI is InChI=1S/C16H23NO/c1-11-7-8-17(10-11)14(4)16(18)15-6-5-12(2)13(3)9-15/h5-6,9,11,14H,7-8,10H2,1-4H3. The second-order valence-corrected chi connectivity index (χ2v) is 5.73. The third-order valence-electron chi connectivity index (χ3n) is 4.17. The first kappa shape index (κ1) is 13.3. The maximum absolute atomic E-state index is 12.5. The molecule has 0 aromatic heterocycles. The summed E-state index contributed by atoms with van der Waals surface area (Å²) in [5, 5.41) is 0. The fraction of sp³-hybridized carbons (Fsp3) is 0.562. The molecule has 1 saturated heterocycles. The van der Waals surface area contributed by atoms with Crippen molar-refractivity contribution in [3.05, 3.63) is 34.9 Å². The van der Waals surface area contributed by atoms with Crippen molar-refractivity contribution in [1.29, 1.82) is 0 Å². The van der Waals surface area contributed by atoms with Gasteiger partial charge in [-0.05, 0) is 56.8 Å². The van der Waals surface area contributed by atoms with Gasteiger partial charge >= 0.3 is 0 Å². The molecule has 2 rings (SSSR count).